The van der Waals surface area contributed by atoms with E-state index in [1.54, 1.807) is 20.8 Å². The molecule has 0 fully saturated rings. The molecule has 0 aliphatic rings. The number of hydrogen-bond donors (Lipinski definition) is 1. The fourth-order valence-electron chi connectivity index (χ4n) is 1.10. The van der Waals surface area contributed by atoms with Crippen LogP contribution in [0.3, 0.4) is 0 Å². The summed E-state index contributed by atoms with van der Waals surface area (Å²) < 4.78 is 28.2. The summed E-state index contributed by atoms with van der Waals surface area (Å²) in [5, 5.41) is 6.30. The molecule has 0 aliphatic carbocycles. The monoisotopic (exact) mass is 275 g/mol. The van der Waals surface area contributed by atoms with Crippen molar-refractivity contribution in [2.24, 2.45) is 0 Å². The molecule has 1 N–H and O–H groups in total. The van der Waals surface area contributed by atoms with Crippen LogP contribution in [0.25, 0.3) is 0 Å². The summed E-state index contributed by atoms with van der Waals surface area (Å²) in [5.74, 6) is 0. The Kier molecular flexibility index (Phi) is 4.00. The summed E-state index contributed by atoms with van der Waals surface area (Å²) in [6, 6.07) is 1.51. The number of ether oxygens (including phenoxy) is 1. The van der Waals surface area contributed by atoms with Crippen LogP contribution >= 0.6 is 0 Å². The molecule has 0 bridgehead atoms. The van der Waals surface area contributed by atoms with Gasteiger partial charge < -0.3 is 10.1 Å². The average Bonchev–Trinajstić information content (AvgIpc) is 2.59. The number of carbonyl (C=O) groups is 1. The highest BCUT2D eigenvalue weighted by molar-refractivity contribution is 7.89. The zero-order chi connectivity index (χ0) is 14.0. The van der Waals surface area contributed by atoms with E-state index in [1.807, 2.05) is 0 Å². The Balaban J connectivity index is 2.55. The third-order valence-corrected chi connectivity index (χ3v) is 2.66. The fraction of sp³-hybridized carbons (Fsp3) is 0.600. The quantitative estimate of drug-likeness (QED) is 0.877. The Hall–Kier alpha value is -1.57. The summed E-state index contributed by atoms with van der Waals surface area (Å²) in [7, 11) is -3.39. The van der Waals surface area contributed by atoms with Crippen LogP contribution in [0.2, 0.25) is 0 Å². The number of amides is 1. The third kappa shape index (κ3) is 4.74. The molecule has 0 radical (unpaired) electrons. The van der Waals surface area contributed by atoms with Gasteiger partial charge in [0, 0.05) is 6.20 Å². The van der Waals surface area contributed by atoms with E-state index in [-0.39, 0.29) is 6.54 Å². The fourth-order valence-corrected chi connectivity index (χ4v) is 1.63. The van der Waals surface area contributed by atoms with E-state index >= 15 is 0 Å². The number of alkyl carbamates (subject to hydrolysis) is 1. The van der Waals surface area contributed by atoms with Crippen molar-refractivity contribution in [2.45, 2.75) is 32.9 Å². The average molecular weight is 275 g/mol. The van der Waals surface area contributed by atoms with Crippen molar-refractivity contribution in [3.8, 4) is 0 Å². The zero-order valence-corrected chi connectivity index (χ0v) is 11.6. The first-order chi connectivity index (χ1) is 8.08. The van der Waals surface area contributed by atoms with Gasteiger partial charge in [-0.2, -0.15) is 9.19 Å². The maximum absolute atomic E-state index is 11.3. The van der Waals surface area contributed by atoms with Crippen molar-refractivity contribution in [1.29, 1.82) is 0 Å². The molecule has 1 aromatic rings. The van der Waals surface area contributed by atoms with Crippen LogP contribution in [0, 0.1) is 0 Å². The van der Waals surface area contributed by atoms with Crippen molar-refractivity contribution in [2.75, 3.05) is 6.26 Å². The van der Waals surface area contributed by atoms with E-state index in [2.05, 4.69) is 10.4 Å². The summed E-state index contributed by atoms with van der Waals surface area (Å²) in [6.45, 7) is 5.37. The second-order valence-electron chi connectivity index (χ2n) is 4.80. The largest absolute Gasteiger partial charge is 0.444 e. The number of rotatable bonds is 3. The van der Waals surface area contributed by atoms with E-state index in [4.69, 9.17) is 4.74 Å². The Morgan fingerprint density at radius 3 is 2.56 bits per heavy atom. The normalized spacial score (nSPS) is 12.2. The van der Waals surface area contributed by atoms with E-state index < -0.39 is 21.7 Å². The molecule has 0 aromatic carbocycles. The van der Waals surface area contributed by atoms with Crippen LogP contribution in [-0.2, 0) is 21.3 Å². The predicted molar refractivity (Wildman–Crippen MR) is 65.5 cm³/mol. The SMILES string of the molecule is CC(C)(C)OC(=O)NCc1ccn(S(C)(=O)=O)n1. The summed E-state index contributed by atoms with van der Waals surface area (Å²) in [6.07, 6.45) is 1.79. The van der Waals surface area contributed by atoms with Crippen LogP contribution in [-0.4, -0.2) is 35.6 Å². The van der Waals surface area contributed by atoms with Crippen LogP contribution in [0.5, 0.6) is 0 Å². The molecule has 0 spiro atoms. The van der Waals surface area contributed by atoms with Crippen LogP contribution in [0.15, 0.2) is 12.3 Å². The molecule has 0 atom stereocenters. The van der Waals surface area contributed by atoms with Gasteiger partial charge in [-0.3, -0.25) is 0 Å². The second-order valence-corrected chi connectivity index (χ2v) is 6.64. The van der Waals surface area contributed by atoms with Crippen molar-refractivity contribution < 1.29 is 17.9 Å². The number of aromatic nitrogens is 2. The van der Waals surface area contributed by atoms with E-state index in [0.717, 1.165) is 10.3 Å². The van der Waals surface area contributed by atoms with E-state index in [9.17, 15) is 13.2 Å². The van der Waals surface area contributed by atoms with Crippen LogP contribution in [0.1, 0.15) is 26.5 Å². The minimum atomic E-state index is -3.39. The number of nitrogens with one attached hydrogen (secondary N) is 1. The van der Waals surface area contributed by atoms with Gasteiger partial charge >= 0.3 is 6.09 Å². The molecule has 1 heterocycles. The first kappa shape index (κ1) is 14.5. The molecule has 0 saturated carbocycles. The lowest BCUT2D eigenvalue weighted by Crippen LogP contribution is -2.32. The topological polar surface area (TPSA) is 90.3 Å². The molecular formula is C10H17N3O4S. The van der Waals surface area contributed by atoms with Gasteiger partial charge in [0.15, 0.2) is 0 Å². The molecule has 0 aliphatic heterocycles. The molecule has 0 saturated heterocycles. The van der Waals surface area contributed by atoms with Gasteiger partial charge in [-0.25, -0.2) is 13.2 Å². The van der Waals surface area contributed by atoms with E-state index in [1.165, 1.54) is 12.3 Å². The van der Waals surface area contributed by atoms with E-state index in [0.29, 0.717) is 5.69 Å². The van der Waals surface area contributed by atoms with Gasteiger partial charge in [0.1, 0.15) is 5.60 Å². The first-order valence-corrected chi connectivity index (χ1v) is 7.15. The maximum atomic E-state index is 11.3. The van der Waals surface area contributed by atoms with Crippen molar-refractivity contribution >= 4 is 16.1 Å². The van der Waals surface area contributed by atoms with Gasteiger partial charge in [0.2, 0.25) is 0 Å². The third-order valence-electron chi connectivity index (χ3n) is 1.77. The predicted octanol–water partition coefficient (Wildman–Crippen LogP) is 0.716. The van der Waals surface area contributed by atoms with Gasteiger partial charge in [0.05, 0.1) is 18.5 Å². The van der Waals surface area contributed by atoms with Crippen molar-refractivity contribution in [1.82, 2.24) is 14.5 Å². The number of carbonyl (C=O) groups excluding carboxylic acids is 1. The Morgan fingerprint density at radius 1 is 1.50 bits per heavy atom. The van der Waals surface area contributed by atoms with Gasteiger partial charge in [-0.15, -0.1) is 0 Å². The van der Waals surface area contributed by atoms with Crippen molar-refractivity contribution in [3.63, 3.8) is 0 Å². The highest BCUT2D eigenvalue weighted by Crippen LogP contribution is 2.06. The highest BCUT2D eigenvalue weighted by Gasteiger charge is 2.16. The van der Waals surface area contributed by atoms with Crippen molar-refractivity contribution in [3.05, 3.63) is 18.0 Å². The van der Waals surface area contributed by atoms with Crippen LogP contribution in [0.4, 0.5) is 4.79 Å². The standard InChI is InChI=1S/C10H17N3O4S/c1-10(2,3)17-9(14)11-7-8-5-6-13(12-8)18(4,15)16/h5-6H,7H2,1-4H3,(H,11,14). The summed E-state index contributed by atoms with van der Waals surface area (Å²) in [4.78, 5) is 11.3. The smallest absolute Gasteiger partial charge is 0.407 e. The number of hydrogen-bond acceptors (Lipinski definition) is 5. The molecule has 18 heavy (non-hydrogen) atoms. The molecule has 7 nitrogen and oxygen atoms in total. The Morgan fingerprint density at radius 2 is 2.11 bits per heavy atom. The minimum absolute atomic E-state index is 0.109. The molecule has 1 rings (SSSR count). The Labute approximate surface area is 106 Å². The second kappa shape index (κ2) is 4.97. The van der Waals surface area contributed by atoms with Crippen LogP contribution < -0.4 is 5.32 Å². The lowest BCUT2D eigenvalue weighted by molar-refractivity contribution is 0.0523. The van der Waals surface area contributed by atoms with Gasteiger partial charge in [-0.05, 0) is 26.8 Å². The molecule has 102 valence electrons. The lowest BCUT2D eigenvalue weighted by Gasteiger charge is -2.19. The lowest BCUT2D eigenvalue weighted by atomic mass is 10.2. The number of nitrogens with zero attached hydrogens (tertiary/aromatic N) is 2. The van der Waals surface area contributed by atoms with Gasteiger partial charge in [-0.1, -0.05) is 0 Å². The summed E-state index contributed by atoms with van der Waals surface area (Å²) >= 11 is 0. The maximum Gasteiger partial charge on any atom is 0.407 e. The minimum Gasteiger partial charge on any atom is -0.444 e. The summed E-state index contributed by atoms with van der Waals surface area (Å²) in [5.41, 5.74) is -0.137. The highest BCUT2D eigenvalue weighted by atomic mass is 32.2. The molecular weight excluding hydrogens is 258 g/mol. The molecule has 0 unspecified atom stereocenters. The molecule has 1 aromatic heterocycles. The Bertz CT molecular complexity index is 528. The zero-order valence-electron chi connectivity index (χ0n) is 10.8. The molecule has 1 amide bonds. The van der Waals surface area contributed by atoms with Gasteiger partial charge in [0.25, 0.3) is 10.0 Å². The molecule has 8 heteroatoms. The first-order valence-electron chi connectivity index (χ1n) is 5.30.